The summed E-state index contributed by atoms with van der Waals surface area (Å²) in [5.41, 5.74) is 0.239. The third-order valence-corrected chi connectivity index (χ3v) is 3.92. The highest BCUT2D eigenvalue weighted by Gasteiger charge is 2.30. The quantitative estimate of drug-likeness (QED) is 0.658. The SMILES string of the molecule is C[C@H](OC(=O)c1ccc(-n2cncn2)cc1)C(=O)Nc1ccc(C(F)(F)F)cc1. The summed E-state index contributed by atoms with van der Waals surface area (Å²) < 4.78 is 44.3. The maximum Gasteiger partial charge on any atom is 0.416 e. The van der Waals surface area contributed by atoms with Crippen molar-refractivity contribution in [1.82, 2.24) is 14.8 Å². The van der Waals surface area contributed by atoms with Crippen LogP contribution in [0.1, 0.15) is 22.8 Å². The molecule has 0 saturated carbocycles. The van der Waals surface area contributed by atoms with Gasteiger partial charge in [-0.1, -0.05) is 0 Å². The highest BCUT2D eigenvalue weighted by Crippen LogP contribution is 2.29. The van der Waals surface area contributed by atoms with Crippen molar-refractivity contribution in [2.24, 2.45) is 0 Å². The molecular formula is C19H15F3N4O3. The fraction of sp³-hybridized carbons (Fsp3) is 0.158. The van der Waals surface area contributed by atoms with E-state index in [-0.39, 0.29) is 11.3 Å². The van der Waals surface area contributed by atoms with Crippen molar-refractivity contribution >= 4 is 17.6 Å². The highest BCUT2D eigenvalue weighted by atomic mass is 19.4. The van der Waals surface area contributed by atoms with Crippen LogP contribution in [0.25, 0.3) is 5.69 Å². The number of halogens is 3. The molecule has 3 rings (SSSR count). The van der Waals surface area contributed by atoms with E-state index in [1.807, 2.05) is 0 Å². The van der Waals surface area contributed by atoms with Crippen LogP contribution in [0.4, 0.5) is 18.9 Å². The number of alkyl halides is 3. The molecule has 0 saturated heterocycles. The Morgan fingerprint density at radius 2 is 1.72 bits per heavy atom. The summed E-state index contributed by atoms with van der Waals surface area (Å²) in [5.74, 6) is -1.39. The molecule has 2 aromatic carbocycles. The van der Waals surface area contributed by atoms with Crippen molar-refractivity contribution in [3.63, 3.8) is 0 Å². The van der Waals surface area contributed by atoms with E-state index in [9.17, 15) is 22.8 Å². The Morgan fingerprint density at radius 1 is 1.07 bits per heavy atom. The molecule has 10 heteroatoms. The minimum absolute atomic E-state index is 0.156. The molecule has 7 nitrogen and oxygen atoms in total. The smallest absolute Gasteiger partial charge is 0.416 e. The van der Waals surface area contributed by atoms with E-state index in [0.717, 1.165) is 24.3 Å². The average Bonchev–Trinajstić information content (AvgIpc) is 3.22. The Morgan fingerprint density at radius 3 is 2.28 bits per heavy atom. The van der Waals surface area contributed by atoms with Gasteiger partial charge in [-0.05, 0) is 55.5 Å². The summed E-state index contributed by atoms with van der Waals surface area (Å²) in [6.45, 7) is 1.36. The van der Waals surface area contributed by atoms with Crippen LogP contribution in [-0.4, -0.2) is 32.7 Å². The summed E-state index contributed by atoms with van der Waals surface area (Å²) in [7, 11) is 0. The normalized spacial score (nSPS) is 12.3. The largest absolute Gasteiger partial charge is 0.449 e. The van der Waals surface area contributed by atoms with Crippen molar-refractivity contribution in [2.45, 2.75) is 19.2 Å². The molecule has 1 N–H and O–H groups in total. The molecular weight excluding hydrogens is 389 g/mol. The van der Waals surface area contributed by atoms with Crippen LogP contribution in [0.5, 0.6) is 0 Å². The lowest BCUT2D eigenvalue weighted by molar-refractivity contribution is -0.137. The van der Waals surface area contributed by atoms with E-state index >= 15 is 0 Å². The number of carbonyl (C=O) groups excluding carboxylic acids is 2. The molecule has 29 heavy (non-hydrogen) atoms. The summed E-state index contributed by atoms with van der Waals surface area (Å²) >= 11 is 0. The molecule has 0 aliphatic carbocycles. The molecule has 0 radical (unpaired) electrons. The maximum atomic E-state index is 12.6. The van der Waals surface area contributed by atoms with Crippen molar-refractivity contribution in [2.75, 3.05) is 5.32 Å². The molecule has 1 atom stereocenters. The number of rotatable bonds is 5. The van der Waals surface area contributed by atoms with Gasteiger partial charge in [-0.3, -0.25) is 4.79 Å². The summed E-state index contributed by atoms with van der Waals surface area (Å²) in [4.78, 5) is 28.2. The first-order chi connectivity index (χ1) is 13.7. The van der Waals surface area contributed by atoms with E-state index < -0.39 is 29.7 Å². The lowest BCUT2D eigenvalue weighted by Crippen LogP contribution is -2.30. The molecule has 0 aliphatic rings. The van der Waals surface area contributed by atoms with E-state index in [2.05, 4.69) is 15.4 Å². The van der Waals surface area contributed by atoms with E-state index in [1.165, 1.54) is 36.4 Å². The first-order valence-electron chi connectivity index (χ1n) is 8.38. The number of amides is 1. The summed E-state index contributed by atoms with van der Waals surface area (Å²) in [5, 5.41) is 6.37. The molecule has 0 fully saturated rings. The van der Waals surface area contributed by atoms with Gasteiger partial charge in [-0.25, -0.2) is 14.5 Å². The van der Waals surface area contributed by atoms with Gasteiger partial charge in [0.1, 0.15) is 12.7 Å². The molecule has 1 amide bonds. The van der Waals surface area contributed by atoms with Crippen molar-refractivity contribution in [1.29, 1.82) is 0 Å². The molecule has 0 bridgehead atoms. The summed E-state index contributed by atoms with van der Waals surface area (Å²) in [6, 6.07) is 10.2. The average molecular weight is 404 g/mol. The van der Waals surface area contributed by atoms with Crippen molar-refractivity contribution < 1.29 is 27.5 Å². The number of ether oxygens (including phenoxy) is 1. The minimum atomic E-state index is -4.46. The summed E-state index contributed by atoms with van der Waals surface area (Å²) in [6.07, 6.45) is -2.74. The van der Waals surface area contributed by atoms with Crippen molar-refractivity contribution in [3.05, 3.63) is 72.3 Å². The van der Waals surface area contributed by atoms with Gasteiger partial charge in [0.05, 0.1) is 16.8 Å². The number of nitrogens with one attached hydrogen (secondary N) is 1. The van der Waals surface area contributed by atoms with Gasteiger partial charge in [0.15, 0.2) is 6.10 Å². The van der Waals surface area contributed by atoms with Gasteiger partial charge >= 0.3 is 12.1 Å². The van der Waals surface area contributed by atoms with E-state index in [1.54, 1.807) is 12.1 Å². The number of hydrogen-bond acceptors (Lipinski definition) is 5. The van der Waals surface area contributed by atoms with Gasteiger partial charge in [0, 0.05) is 5.69 Å². The Bertz CT molecular complexity index is 985. The molecule has 1 aromatic heterocycles. The Kier molecular flexibility index (Phi) is 5.62. The third kappa shape index (κ3) is 4.98. The van der Waals surface area contributed by atoms with Crippen LogP contribution in [0, 0.1) is 0 Å². The number of nitrogens with zero attached hydrogens (tertiary/aromatic N) is 3. The van der Waals surface area contributed by atoms with E-state index in [4.69, 9.17) is 4.74 Å². The van der Waals surface area contributed by atoms with Crippen LogP contribution in [-0.2, 0) is 15.7 Å². The van der Waals surface area contributed by atoms with Gasteiger partial charge < -0.3 is 10.1 Å². The first-order valence-corrected chi connectivity index (χ1v) is 8.38. The van der Waals surface area contributed by atoms with Crippen molar-refractivity contribution in [3.8, 4) is 5.69 Å². The topological polar surface area (TPSA) is 86.1 Å². The predicted molar refractivity (Wildman–Crippen MR) is 96.3 cm³/mol. The fourth-order valence-electron chi connectivity index (χ4n) is 2.36. The second-order valence-electron chi connectivity index (χ2n) is 6.00. The Labute approximate surface area is 163 Å². The lowest BCUT2D eigenvalue weighted by atomic mass is 10.2. The predicted octanol–water partition coefficient (Wildman–Crippen LogP) is 3.47. The second kappa shape index (κ2) is 8.13. The zero-order valence-electron chi connectivity index (χ0n) is 15.1. The molecule has 0 aliphatic heterocycles. The molecule has 3 aromatic rings. The molecule has 150 valence electrons. The van der Waals surface area contributed by atoms with Gasteiger partial charge in [-0.15, -0.1) is 0 Å². The number of hydrogen-bond donors (Lipinski definition) is 1. The zero-order chi connectivity index (χ0) is 21.0. The van der Waals surface area contributed by atoms with Crippen LogP contribution >= 0.6 is 0 Å². The zero-order valence-corrected chi connectivity index (χ0v) is 15.1. The number of benzene rings is 2. The third-order valence-electron chi connectivity index (χ3n) is 3.92. The number of aromatic nitrogens is 3. The monoisotopic (exact) mass is 404 g/mol. The van der Waals surface area contributed by atoms with Crippen LogP contribution in [0.2, 0.25) is 0 Å². The molecule has 0 unspecified atom stereocenters. The second-order valence-corrected chi connectivity index (χ2v) is 6.00. The Balaban J connectivity index is 1.58. The van der Waals surface area contributed by atoms with Crippen LogP contribution in [0.15, 0.2) is 61.2 Å². The number of anilines is 1. The van der Waals surface area contributed by atoms with Gasteiger partial charge in [0.2, 0.25) is 0 Å². The number of carbonyl (C=O) groups is 2. The standard InChI is InChI=1S/C19H15F3N4O3/c1-12(17(27)25-15-6-4-14(5-7-15)19(20,21)22)29-18(28)13-2-8-16(9-3-13)26-11-23-10-24-26/h2-12H,1H3,(H,25,27)/t12-/m0/s1. The fourth-order valence-corrected chi connectivity index (χ4v) is 2.36. The lowest BCUT2D eigenvalue weighted by Gasteiger charge is -2.14. The van der Waals surface area contributed by atoms with Gasteiger partial charge in [-0.2, -0.15) is 18.3 Å². The molecule has 1 heterocycles. The minimum Gasteiger partial charge on any atom is -0.449 e. The molecule has 0 spiro atoms. The van der Waals surface area contributed by atoms with Gasteiger partial charge in [0.25, 0.3) is 5.91 Å². The Hall–Kier alpha value is -3.69. The van der Waals surface area contributed by atoms with Crippen LogP contribution < -0.4 is 5.32 Å². The maximum absolute atomic E-state index is 12.6. The van der Waals surface area contributed by atoms with E-state index in [0.29, 0.717) is 5.69 Å². The first kappa shape index (κ1) is 20.1. The van der Waals surface area contributed by atoms with Crippen LogP contribution in [0.3, 0.4) is 0 Å². The highest BCUT2D eigenvalue weighted by molar-refractivity contribution is 5.97. The number of esters is 1.